The van der Waals surface area contributed by atoms with Gasteiger partial charge in [0, 0.05) is 0 Å². The zero-order valence-electron chi connectivity index (χ0n) is 12.8. The Labute approximate surface area is 141 Å². The number of hydrogen-bond acceptors (Lipinski definition) is 4. The minimum Gasteiger partial charge on any atom is -0.485 e. The molecule has 0 bridgehead atoms. The number of halogens is 3. The summed E-state index contributed by atoms with van der Waals surface area (Å²) in [6.07, 6.45) is -4.01. The number of ether oxygens (including phenoxy) is 2. The fourth-order valence-corrected chi connectivity index (χ4v) is 2.15. The summed E-state index contributed by atoms with van der Waals surface area (Å²) in [5.74, 6) is 0.498. The number of alkyl halides is 3. The SMILES string of the molecule is O=C(N/N=C/c1ccc(C(F)(F)F)cc1)C1COc2ccccc2O1. The number of carbonyl (C=O) groups is 1. The molecule has 1 atom stereocenters. The van der Waals surface area contributed by atoms with Gasteiger partial charge in [0.15, 0.2) is 11.5 Å². The van der Waals surface area contributed by atoms with E-state index in [4.69, 9.17) is 9.47 Å². The molecule has 1 amide bonds. The van der Waals surface area contributed by atoms with Crippen molar-refractivity contribution in [1.82, 2.24) is 5.43 Å². The van der Waals surface area contributed by atoms with E-state index >= 15 is 0 Å². The van der Waals surface area contributed by atoms with E-state index in [0.29, 0.717) is 17.1 Å². The smallest absolute Gasteiger partial charge is 0.416 e. The zero-order chi connectivity index (χ0) is 17.9. The van der Waals surface area contributed by atoms with Gasteiger partial charge >= 0.3 is 6.18 Å². The van der Waals surface area contributed by atoms with Gasteiger partial charge < -0.3 is 9.47 Å². The molecule has 0 saturated carbocycles. The van der Waals surface area contributed by atoms with Crippen molar-refractivity contribution in [2.75, 3.05) is 6.61 Å². The summed E-state index contributed by atoms with van der Waals surface area (Å²) in [7, 11) is 0. The molecule has 8 heteroatoms. The van der Waals surface area contributed by atoms with E-state index in [2.05, 4.69) is 10.5 Å². The highest BCUT2D eigenvalue weighted by atomic mass is 19.4. The number of rotatable bonds is 3. The first-order valence-corrected chi connectivity index (χ1v) is 7.32. The molecule has 2 aromatic carbocycles. The van der Waals surface area contributed by atoms with Crippen LogP contribution >= 0.6 is 0 Å². The fourth-order valence-electron chi connectivity index (χ4n) is 2.15. The van der Waals surface area contributed by atoms with E-state index in [9.17, 15) is 18.0 Å². The van der Waals surface area contributed by atoms with Crippen molar-refractivity contribution in [3.8, 4) is 11.5 Å². The summed E-state index contributed by atoms with van der Waals surface area (Å²) in [4.78, 5) is 12.0. The van der Waals surface area contributed by atoms with Crippen LogP contribution in [0, 0.1) is 0 Å². The van der Waals surface area contributed by atoms with Gasteiger partial charge in [-0.2, -0.15) is 18.3 Å². The van der Waals surface area contributed by atoms with E-state index in [-0.39, 0.29) is 6.61 Å². The van der Waals surface area contributed by atoms with Crippen molar-refractivity contribution in [2.24, 2.45) is 5.10 Å². The van der Waals surface area contributed by atoms with Crippen LogP contribution in [0.25, 0.3) is 0 Å². The Morgan fingerprint density at radius 2 is 1.80 bits per heavy atom. The van der Waals surface area contributed by atoms with E-state index in [1.807, 2.05) is 0 Å². The van der Waals surface area contributed by atoms with Crippen molar-refractivity contribution in [1.29, 1.82) is 0 Å². The number of nitrogens with zero attached hydrogens (tertiary/aromatic N) is 1. The molecule has 0 aliphatic carbocycles. The van der Waals surface area contributed by atoms with Crippen LogP contribution in [-0.4, -0.2) is 24.8 Å². The third kappa shape index (κ3) is 4.09. The van der Waals surface area contributed by atoms with Gasteiger partial charge in [0.25, 0.3) is 5.91 Å². The molecule has 0 spiro atoms. The lowest BCUT2D eigenvalue weighted by atomic mass is 10.1. The lowest BCUT2D eigenvalue weighted by Crippen LogP contribution is -2.42. The van der Waals surface area contributed by atoms with E-state index in [1.165, 1.54) is 18.3 Å². The Morgan fingerprint density at radius 3 is 2.48 bits per heavy atom. The van der Waals surface area contributed by atoms with Crippen molar-refractivity contribution in [3.63, 3.8) is 0 Å². The summed E-state index contributed by atoms with van der Waals surface area (Å²) in [5.41, 5.74) is 1.95. The summed E-state index contributed by atoms with van der Waals surface area (Å²) in [6.45, 7) is 0.0403. The highest BCUT2D eigenvalue weighted by molar-refractivity contribution is 5.85. The van der Waals surface area contributed by atoms with Gasteiger partial charge in [-0.15, -0.1) is 0 Å². The maximum absolute atomic E-state index is 12.5. The molecule has 2 aromatic rings. The highest BCUT2D eigenvalue weighted by Gasteiger charge is 2.30. The van der Waals surface area contributed by atoms with Crippen LogP contribution in [0.15, 0.2) is 53.6 Å². The second kappa shape index (κ2) is 6.84. The average molecular weight is 350 g/mol. The Hall–Kier alpha value is -3.03. The largest absolute Gasteiger partial charge is 0.485 e. The molecule has 0 aromatic heterocycles. The molecule has 0 saturated heterocycles. The molecule has 5 nitrogen and oxygen atoms in total. The highest BCUT2D eigenvalue weighted by Crippen LogP contribution is 2.31. The van der Waals surface area contributed by atoms with Gasteiger partial charge in [-0.1, -0.05) is 24.3 Å². The molecule has 0 radical (unpaired) electrons. The van der Waals surface area contributed by atoms with Crippen LogP contribution in [-0.2, 0) is 11.0 Å². The normalized spacial score (nSPS) is 16.7. The van der Waals surface area contributed by atoms with Crippen LogP contribution in [0.4, 0.5) is 13.2 Å². The molecule has 0 fully saturated rings. The maximum Gasteiger partial charge on any atom is 0.416 e. The molecule has 1 heterocycles. The first kappa shape index (κ1) is 16.8. The third-order valence-corrected chi connectivity index (χ3v) is 3.43. The zero-order valence-corrected chi connectivity index (χ0v) is 12.8. The predicted molar refractivity (Wildman–Crippen MR) is 83.5 cm³/mol. The topological polar surface area (TPSA) is 59.9 Å². The standard InChI is InChI=1S/C17H13F3N2O3/c18-17(19,20)12-7-5-11(6-8-12)9-21-22-16(23)15-10-24-13-3-1-2-4-14(13)25-15/h1-9,15H,10H2,(H,22,23)/b21-9+. The average Bonchev–Trinajstić information content (AvgIpc) is 2.61. The van der Waals surface area contributed by atoms with E-state index < -0.39 is 23.8 Å². The third-order valence-electron chi connectivity index (χ3n) is 3.43. The maximum atomic E-state index is 12.5. The summed E-state index contributed by atoms with van der Waals surface area (Å²) in [5, 5.41) is 3.72. The molecule has 1 N–H and O–H groups in total. The fraction of sp³-hybridized carbons (Fsp3) is 0.176. The summed E-state index contributed by atoms with van der Waals surface area (Å²) < 4.78 is 48.4. The van der Waals surface area contributed by atoms with Crippen molar-refractivity contribution >= 4 is 12.1 Å². The minimum absolute atomic E-state index is 0.0403. The molecule has 3 rings (SSSR count). The van der Waals surface area contributed by atoms with Gasteiger partial charge in [-0.05, 0) is 29.8 Å². The molecule has 1 aliphatic heterocycles. The lowest BCUT2D eigenvalue weighted by molar-refractivity contribution is -0.137. The van der Waals surface area contributed by atoms with Gasteiger partial charge in [0.1, 0.15) is 6.61 Å². The Bertz CT molecular complexity index is 788. The summed E-state index contributed by atoms with van der Waals surface area (Å²) in [6, 6.07) is 11.4. The van der Waals surface area contributed by atoms with Crippen molar-refractivity contribution in [3.05, 3.63) is 59.7 Å². The second-order valence-electron chi connectivity index (χ2n) is 5.22. The van der Waals surface area contributed by atoms with Crippen LogP contribution in [0.2, 0.25) is 0 Å². The predicted octanol–water partition coefficient (Wildman–Crippen LogP) is 3.00. The van der Waals surface area contributed by atoms with Crippen molar-refractivity contribution < 1.29 is 27.4 Å². The molecule has 130 valence electrons. The van der Waals surface area contributed by atoms with Gasteiger partial charge in [-0.25, -0.2) is 5.43 Å². The molecule has 1 aliphatic rings. The Kier molecular flexibility index (Phi) is 4.60. The van der Waals surface area contributed by atoms with E-state index in [0.717, 1.165) is 12.1 Å². The number of benzene rings is 2. The second-order valence-corrected chi connectivity index (χ2v) is 5.22. The van der Waals surface area contributed by atoms with Gasteiger partial charge in [-0.3, -0.25) is 4.79 Å². The molecule has 25 heavy (non-hydrogen) atoms. The number of para-hydroxylation sites is 2. The number of amides is 1. The quantitative estimate of drug-likeness (QED) is 0.684. The number of carbonyl (C=O) groups excluding carboxylic acids is 1. The first-order valence-electron chi connectivity index (χ1n) is 7.32. The number of hydrazone groups is 1. The molecular weight excluding hydrogens is 337 g/mol. The number of nitrogens with one attached hydrogen (secondary N) is 1. The summed E-state index contributed by atoms with van der Waals surface area (Å²) >= 11 is 0. The monoisotopic (exact) mass is 350 g/mol. The number of fused-ring (bicyclic) bond motifs is 1. The van der Waals surface area contributed by atoms with Crippen LogP contribution < -0.4 is 14.9 Å². The molecular formula is C17H13F3N2O3. The Morgan fingerprint density at radius 1 is 1.12 bits per heavy atom. The van der Waals surface area contributed by atoms with Crippen LogP contribution in [0.5, 0.6) is 11.5 Å². The Balaban J connectivity index is 1.56. The number of hydrogen-bond donors (Lipinski definition) is 1. The van der Waals surface area contributed by atoms with Gasteiger partial charge in [0.05, 0.1) is 11.8 Å². The van der Waals surface area contributed by atoms with Crippen molar-refractivity contribution in [2.45, 2.75) is 12.3 Å². The van der Waals surface area contributed by atoms with Crippen LogP contribution in [0.3, 0.4) is 0 Å². The van der Waals surface area contributed by atoms with Gasteiger partial charge in [0.2, 0.25) is 6.10 Å². The molecule has 1 unspecified atom stereocenters. The minimum atomic E-state index is -4.39. The van der Waals surface area contributed by atoms with E-state index in [1.54, 1.807) is 24.3 Å². The first-order chi connectivity index (χ1) is 11.9. The van der Waals surface area contributed by atoms with Crippen LogP contribution in [0.1, 0.15) is 11.1 Å². The lowest BCUT2D eigenvalue weighted by Gasteiger charge is -2.24.